The molecule has 0 aromatic rings. The van der Waals surface area contributed by atoms with Crippen LogP contribution in [-0.4, -0.2) is 19.6 Å². The summed E-state index contributed by atoms with van der Waals surface area (Å²) in [6, 6.07) is 0.442. The van der Waals surface area contributed by atoms with Crippen molar-refractivity contribution in [3.05, 3.63) is 0 Å². The van der Waals surface area contributed by atoms with E-state index >= 15 is 0 Å². The molecule has 0 rings (SSSR count). The molecule has 1 unspecified atom stereocenters. The van der Waals surface area contributed by atoms with Gasteiger partial charge in [-0.25, -0.2) is 0 Å². The molecule has 2 nitrogen and oxygen atoms in total. The number of nitrogens with two attached hydrogens (primary N) is 1. The van der Waals surface area contributed by atoms with Crippen LogP contribution in [0.2, 0.25) is 0 Å². The van der Waals surface area contributed by atoms with E-state index in [1.54, 1.807) is 0 Å². The summed E-state index contributed by atoms with van der Waals surface area (Å²) in [5.41, 5.74) is 5.91. The first-order valence-electron chi connectivity index (χ1n) is 3.95. The van der Waals surface area contributed by atoms with Crippen LogP contribution >= 0.6 is 0 Å². The molecular formula is C8H20N2. The van der Waals surface area contributed by atoms with Crippen molar-refractivity contribution in [3.8, 4) is 0 Å². The second-order valence-electron chi connectivity index (χ2n) is 3.42. The summed E-state index contributed by atoms with van der Waals surface area (Å²) < 4.78 is 0. The Hall–Kier alpha value is -0.0800. The maximum atomic E-state index is 5.58. The Morgan fingerprint density at radius 2 is 2.00 bits per heavy atom. The number of nitrogens with one attached hydrogen (secondary N) is 1. The van der Waals surface area contributed by atoms with Crippen molar-refractivity contribution in [2.24, 2.45) is 11.1 Å². The van der Waals surface area contributed by atoms with Gasteiger partial charge in [0.1, 0.15) is 0 Å². The zero-order chi connectivity index (χ0) is 8.20. The third-order valence-corrected chi connectivity index (χ3v) is 2.44. The van der Waals surface area contributed by atoms with Gasteiger partial charge in [0.05, 0.1) is 0 Å². The van der Waals surface area contributed by atoms with Gasteiger partial charge in [-0.2, -0.15) is 0 Å². The zero-order valence-corrected chi connectivity index (χ0v) is 7.57. The lowest BCUT2D eigenvalue weighted by Crippen LogP contribution is -2.45. The van der Waals surface area contributed by atoms with Gasteiger partial charge in [-0.1, -0.05) is 20.8 Å². The van der Waals surface area contributed by atoms with Crippen LogP contribution in [-0.2, 0) is 0 Å². The molecule has 0 aliphatic rings. The Labute approximate surface area is 64.2 Å². The quantitative estimate of drug-likeness (QED) is 0.617. The van der Waals surface area contributed by atoms with Gasteiger partial charge >= 0.3 is 0 Å². The third kappa shape index (κ3) is 2.27. The van der Waals surface area contributed by atoms with Gasteiger partial charge in [-0.3, -0.25) is 0 Å². The van der Waals surface area contributed by atoms with Crippen molar-refractivity contribution in [2.45, 2.75) is 33.2 Å². The fourth-order valence-electron chi connectivity index (χ4n) is 1.07. The minimum Gasteiger partial charge on any atom is -0.329 e. The van der Waals surface area contributed by atoms with E-state index < -0.39 is 0 Å². The summed E-state index contributed by atoms with van der Waals surface area (Å²) >= 11 is 0. The van der Waals surface area contributed by atoms with Crippen molar-refractivity contribution in [3.63, 3.8) is 0 Å². The molecule has 62 valence electrons. The van der Waals surface area contributed by atoms with Crippen molar-refractivity contribution in [1.29, 1.82) is 0 Å². The number of likely N-dealkylation sites (N-methyl/N-ethyl adjacent to an activating group) is 1. The molecule has 1 atom stereocenters. The molecule has 0 fully saturated rings. The summed E-state index contributed by atoms with van der Waals surface area (Å²) in [5.74, 6) is 0. The van der Waals surface area contributed by atoms with Crippen LogP contribution in [0.4, 0.5) is 0 Å². The Morgan fingerprint density at radius 3 is 2.10 bits per heavy atom. The first-order valence-corrected chi connectivity index (χ1v) is 3.95. The summed E-state index contributed by atoms with van der Waals surface area (Å²) in [6.45, 7) is 7.39. The van der Waals surface area contributed by atoms with Gasteiger partial charge in [0.2, 0.25) is 0 Å². The average molecular weight is 144 g/mol. The second-order valence-corrected chi connectivity index (χ2v) is 3.42. The monoisotopic (exact) mass is 144 g/mol. The highest BCUT2D eigenvalue weighted by Crippen LogP contribution is 2.23. The molecule has 0 saturated heterocycles. The first kappa shape index (κ1) is 9.92. The summed E-state index contributed by atoms with van der Waals surface area (Å²) in [6.07, 6.45) is 1.16. The molecule has 0 aromatic heterocycles. The van der Waals surface area contributed by atoms with Gasteiger partial charge in [-0.15, -0.1) is 0 Å². The normalized spacial score (nSPS) is 15.3. The minimum absolute atomic E-state index is 0.323. The predicted molar refractivity (Wildman–Crippen MR) is 46.0 cm³/mol. The van der Waals surface area contributed by atoms with Gasteiger partial charge in [0.15, 0.2) is 0 Å². The van der Waals surface area contributed by atoms with E-state index in [-0.39, 0.29) is 0 Å². The Kier molecular flexibility index (Phi) is 3.91. The van der Waals surface area contributed by atoms with Crippen LogP contribution in [0.5, 0.6) is 0 Å². The lowest BCUT2D eigenvalue weighted by Gasteiger charge is -2.32. The summed E-state index contributed by atoms with van der Waals surface area (Å²) in [4.78, 5) is 0. The van der Waals surface area contributed by atoms with Crippen LogP contribution in [0, 0.1) is 5.41 Å². The number of rotatable bonds is 4. The largest absolute Gasteiger partial charge is 0.329 e. The topological polar surface area (TPSA) is 38.0 Å². The molecule has 0 amide bonds. The molecule has 0 bridgehead atoms. The molecule has 0 heterocycles. The predicted octanol–water partition coefficient (Wildman–Crippen LogP) is 0.969. The lowest BCUT2D eigenvalue weighted by molar-refractivity contribution is 0.247. The van der Waals surface area contributed by atoms with E-state index in [2.05, 4.69) is 26.1 Å². The zero-order valence-electron chi connectivity index (χ0n) is 7.57. The van der Waals surface area contributed by atoms with Crippen LogP contribution in [0.1, 0.15) is 27.2 Å². The molecule has 0 spiro atoms. The van der Waals surface area contributed by atoms with Crippen molar-refractivity contribution < 1.29 is 0 Å². The van der Waals surface area contributed by atoms with Gasteiger partial charge in [0, 0.05) is 12.6 Å². The van der Waals surface area contributed by atoms with Crippen LogP contribution in [0.15, 0.2) is 0 Å². The van der Waals surface area contributed by atoms with Crippen LogP contribution < -0.4 is 11.1 Å². The Morgan fingerprint density at radius 1 is 1.50 bits per heavy atom. The SMILES string of the molecule is CCC(C)(C)C(CN)NC. The maximum Gasteiger partial charge on any atom is 0.0238 e. The van der Waals surface area contributed by atoms with Gasteiger partial charge in [0.25, 0.3) is 0 Å². The number of hydrogen-bond donors (Lipinski definition) is 2. The van der Waals surface area contributed by atoms with E-state index in [4.69, 9.17) is 5.73 Å². The lowest BCUT2D eigenvalue weighted by atomic mass is 9.82. The fraction of sp³-hybridized carbons (Fsp3) is 1.00. The van der Waals surface area contributed by atoms with E-state index in [1.165, 1.54) is 0 Å². The number of hydrogen-bond acceptors (Lipinski definition) is 2. The molecule has 0 radical (unpaired) electrons. The van der Waals surface area contributed by atoms with Crippen molar-refractivity contribution >= 4 is 0 Å². The Balaban J connectivity index is 3.97. The van der Waals surface area contributed by atoms with Crippen molar-refractivity contribution in [2.75, 3.05) is 13.6 Å². The molecule has 2 heteroatoms. The van der Waals surface area contributed by atoms with E-state index in [9.17, 15) is 0 Å². The first-order chi connectivity index (χ1) is 4.58. The fourth-order valence-corrected chi connectivity index (χ4v) is 1.07. The third-order valence-electron chi connectivity index (χ3n) is 2.44. The molecule has 0 saturated carbocycles. The van der Waals surface area contributed by atoms with Crippen LogP contribution in [0.25, 0.3) is 0 Å². The molecule has 0 aromatic carbocycles. The summed E-state index contributed by atoms with van der Waals surface area (Å²) in [5, 5.41) is 3.22. The van der Waals surface area contributed by atoms with E-state index in [0.717, 1.165) is 13.0 Å². The standard InChI is InChI=1S/C8H20N2/c1-5-8(2,3)7(6-9)10-4/h7,10H,5-6,9H2,1-4H3. The second kappa shape index (κ2) is 3.94. The average Bonchev–Trinajstić information content (AvgIpc) is 1.90. The highest BCUT2D eigenvalue weighted by molar-refractivity contribution is 4.82. The maximum absolute atomic E-state index is 5.58. The highest BCUT2D eigenvalue weighted by Gasteiger charge is 2.24. The van der Waals surface area contributed by atoms with Crippen molar-refractivity contribution in [1.82, 2.24) is 5.32 Å². The van der Waals surface area contributed by atoms with E-state index in [1.807, 2.05) is 7.05 Å². The summed E-state index contributed by atoms with van der Waals surface area (Å²) in [7, 11) is 1.97. The van der Waals surface area contributed by atoms with Gasteiger partial charge in [-0.05, 0) is 18.9 Å². The molecule has 10 heavy (non-hydrogen) atoms. The van der Waals surface area contributed by atoms with Crippen LogP contribution in [0.3, 0.4) is 0 Å². The Bertz CT molecular complexity index is 85.3. The highest BCUT2D eigenvalue weighted by atomic mass is 14.9. The van der Waals surface area contributed by atoms with Gasteiger partial charge < -0.3 is 11.1 Å². The smallest absolute Gasteiger partial charge is 0.0238 e. The molecule has 0 aliphatic heterocycles. The van der Waals surface area contributed by atoms with E-state index in [0.29, 0.717) is 11.5 Å². The minimum atomic E-state index is 0.323. The molecule has 0 aliphatic carbocycles. The molecular weight excluding hydrogens is 124 g/mol. The molecule has 3 N–H and O–H groups in total.